The third kappa shape index (κ3) is 4.71. The minimum absolute atomic E-state index is 0.0814. The average Bonchev–Trinajstić information content (AvgIpc) is 3.45. The minimum Gasteiger partial charge on any atom is -0.468 e. The lowest BCUT2D eigenvalue weighted by Gasteiger charge is -2.22. The number of halogens is 1. The van der Waals surface area contributed by atoms with Crippen molar-refractivity contribution in [2.24, 2.45) is 0 Å². The minimum atomic E-state index is -0.203. The van der Waals surface area contributed by atoms with Gasteiger partial charge in [-0.3, -0.25) is 9.69 Å². The Balaban J connectivity index is 1.64. The van der Waals surface area contributed by atoms with Crippen LogP contribution in [0, 0.1) is 0 Å². The summed E-state index contributed by atoms with van der Waals surface area (Å²) < 4.78 is 7.26. The van der Waals surface area contributed by atoms with Crippen molar-refractivity contribution in [1.29, 1.82) is 0 Å². The Morgan fingerprint density at radius 3 is 2.48 bits per heavy atom. The van der Waals surface area contributed by atoms with Crippen LogP contribution in [0.4, 0.5) is 0 Å². The topological polar surface area (TPSA) is 63.3 Å². The molecule has 1 unspecified atom stereocenters. The second kappa shape index (κ2) is 9.20. The van der Waals surface area contributed by atoms with Crippen LogP contribution in [-0.2, 0) is 0 Å². The van der Waals surface area contributed by atoms with E-state index in [1.165, 1.54) is 0 Å². The van der Waals surface area contributed by atoms with Crippen molar-refractivity contribution in [2.45, 2.75) is 6.04 Å². The molecule has 31 heavy (non-hydrogen) atoms. The first-order valence-electron chi connectivity index (χ1n) is 9.92. The van der Waals surface area contributed by atoms with Gasteiger partial charge in [0.1, 0.15) is 11.5 Å². The molecule has 0 aliphatic heterocycles. The van der Waals surface area contributed by atoms with Crippen molar-refractivity contribution in [2.75, 3.05) is 20.6 Å². The number of hydrogen-bond acceptors (Lipinski definition) is 4. The van der Waals surface area contributed by atoms with E-state index in [-0.39, 0.29) is 11.9 Å². The molecule has 1 N–H and O–H groups in total. The Labute approximate surface area is 186 Å². The number of hydrogen-bond donors (Lipinski definition) is 1. The van der Waals surface area contributed by atoms with Gasteiger partial charge in [-0.1, -0.05) is 41.9 Å². The van der Waals surface area contributed by atoms with Crippen molar-refractivity contribution in [3.63, 3.8) is 0 Å². The first-order valence-corrected chi connectivity index (χ1v) is 10.3. The highest BCUT2D eigenvalue weighted by molar-refractivity contribution is 6.30. The highest BCUT2D eigenvalue weighted by atomic mass is 35.5. The van der Waals surface area contributed by atoms with Crippen LogP contribution in [0.2, 0.25) is 5.02 Å². The maximum absolute atomic E-state index is 13.2. The van der Waals surface area contributed by atoms with E-state index in [9.17, 15) is 4.79 Å². The lowest BCUT2D eigenvalue weighted by molar-refractivity contribution is 0.0939. The zero-order valence-electron chi connectivity index (χ0n) is 17.3. The van der Waals surface area contributed by atoms with E-state index in [0.717, 1.165) is 17.0 Å². The van der Waals surface area contributed by atoms with Crippen LogP contribution in [0.25, 0.3) is 16.9 Å². The third-order valence-electron chi connectivity index (χ3n) is 5.05. The van der Waals surface area contributed by atoms with Gasteiger partial charge in [0.2, 0.25) is 0 Å². The zero-order valence-corrected chi connectivity index (χ0v) is 18.1. The van der Waals surface area contributed by atoms with Gasteiger partial charge in [-0.05, 0) is 50.5 Å². The molecule has 2 heterocycles. The van der Waals surface area contributed by atoms with Crippen molar-refractivity contribution < 1.29 is 9.21 Å². The summed E-state index contributed by atoms with van der Waals surface area (Å²) in [5.41, 5.74) is 2.78. The fraction of sp³-hybridized carbons (Fsp3) is 0.167. The lowest BCUT2D eigenvalue weighted by atomic mass is 10.1. The number of nitrogens with zero attached hydrogens (tertiary/aromatic N) is 3. The number of benzene rings is 2. The molecule has 0 spiro atoms. The van der Waals surface area contributed by atoms with Gasteiger partial charge in [-0.25, -0.2) is 4.68 Å². The molecule has 7 heteroatoms. The van der Waals surface area contributed by atoms with Gasteiger partial charge in [0, 0.05) is 23.3 Å². The average molecular weight is 435 g/mol. The Bertz CT molecular complexity index is 1140. The number of para-hydroxylation sites is 1. The smallest absolute Gasteiger partial charge is 0.255 e. The quantitative estimate of drug-likeness (QED) is 0.453. The van der Waals surface area contributed by atoms with Gasteiger partial charge in [0.05, 0.1) is 23.6 Å². The van der Waals surface area contributed by atoms with E-state index in [4.69, 9.17) is 21.1 Å². The summed E-state index contributed by atoms with van der Waals surface area (Å²) in [7, 11) is 3.90. The molecule has 0 saturated heterocycles. The van der Waals surface area contributed by atoms with E-state index in [1.807, 2.05) is 73.6 Å². The summed E-state index contributed by atoms with van der Waals surface area (Å²) in [5, 5.41) is 8.36. The lowest BCUT2D eigenvalue weighted by Crippen LogP contribution is -2.34. The Kier molecular flexibility index (Phi) is 6.21. The molecular formula is C24H23ClN4O2. The number of amides is 1. The number of rotatable bonds is 7. The van der Waals surface area contributed by atoms with E-state index < -0.39 is 0 Å². The molecule has 1 amide bonds. The molecule has 0 fully saturated rings. The van der Waals surface area contributed by atoms with Crippen molar-refractivity contribution in [3.8, 4) is 16.9 Å². The Hall–Kier alpha value is -3.35. The predicted molar refractivity (Wildman–Crippen MR) is 121 cm³/mol. The molecule has 0 saturated carbocycles. The number of likely N-dealkylation sites (N-methyl/N-ethyl adjacent to an activating group) is 1. The van der Waals surface area contributed by atoms with Gasteiger partial charge in [0.15, 0.2) is 0 Å². The van der Waals surface area contributed by atoms with Gasteiger partial charge in [-0.15, -0.1) is 0 Å². The van der Waals surface area contributed by atoms with Crippen molar-refractivity contribution in [3.05, 3.63) is 95.5 Å². The van der Waals surface area contributed by atoms with Crippen molar-refractivity contribution in [1.82, 2.24) is 20.0 Å². The number of furan rings is 1. The number of aromatic nitrogens is 2. The fourth-order valence-corrected chi connectivity index (χ4v) is 3.50. The van der Waals surface area contributed by atoms with E-state index >= 15 is 0 Å². The molecular weight excluding hydrogens is 412 g/mol. The number of carbonyl (C=O) groups excluding carboxylic acids is 1. The van der Waals surface area contributed by atoms with Crippen LogP contribution in [0.1, 0.15) is 22.2 Å². The van der Waals surface area contributed by atoms with Crippen LogP contribution >= 0.6 is 11.6 Å². The number of carbonyl (C=O) groups is 1. The predicted octanol–water partition coefficient (Wildman–Crippen LogP) is 4.82. The maximum atomic E-state index is 13.2. The molecule has 158 valence electrons. The van der Waals surface area contributed by atoms with Gasteiger partial charge in [0.25, 0.3) is 5.91 Å². The van der Waals surface area contributed by atoms with Crippen LogP contribution in [-0.4, -0.2) is 41.2 Å². The van der Waals surface area contributed by atoms with Crippen molar-refractivity contribution >= 4 is 17.5 Å². The molecule has 0 bridgehead atoms. The molecule has 0 aliphatic rings. The normalized spacial score (nSPS) is 12.1. The van der Waals surface area contributed by atoms with Gasteiger partial charge >= 0.3 is 0 Å². The maximum Gasteiger partial charge on any atom is 0.255 e. The Morgan fingerprint density at radius 2 is 1.84 bits per heavy atom. The van der Waals surface area contributed by atoms with Gasteiger partial charge in [-0.2, -0.15) is 5.10 Å². The van der Waals surface area contributed by atoms with E-state index in [1.54, 1.807) is 29.3 Å². The zero-order chi connectivity index (χ0) is 21.8. The second-order valence-corrected chi connectivity index (χ2v) is 7.82. The Morgan fingerprint density at radius 1 is 1.10 bits per heavy atom. The highest BCUT2D eigenvalue weighted by Gasteiger charge is 2.22. The largest absolute Gasteiger partial charge is 0.468 e. The summed E-state index contributed by atoms with van der Waals surface area (Å²) >= 11 is 6.05. The highest BCUT2D eigenvalue weighted by Crippen LogP contribution is 2.26. The summed E-state index contributed by atoms with van der Waals surface area (Å²) in [6.45, 7) is 0.399. The standard InChI is InChI=1S/C24H23ClN4O2/c1-28(2)21(22-9-6-14-31-22)15-26-24(30)20-16-29(19-7-4-3-5-8-19)27-23(20)17-10-12-18(25)13-11-17/h3-14,16,21H,15H2,1-2H3,(H,26,30). The molecule has 0 radical (unpaired) electrons. The molecule has 2 aromatic heterocycles. The molecule has 2 aromatic carbocycles. The molecule has 0 aliphatic carbocycles. The van der Waals surface area contributed by atoms with Crippen LogP contribution in [0.5, 0.6) is 0 Å². The van der Waals surface area contributed by atoms with Crippen LogP contribution < -0.4 is 5.32 Å². The SMILES string of the molecule is CN(C)C(CNC(=O)c1cn(-c2ccccc2)nc1-c1ccc(Cl)cc1)c1ccco1. The van der Waals surface area contributed by atoms with Crippen LogP contribution in [0.3, 0.4) is 0 Å². The van der Waals surface area contributed by atoms with Gasteiger partial charge < -0.3 is 9.73 Å². The van der Waals surface area contributed by atoms with Crippen LogP contribution in [0.15, 0.2) is 83.6 Å². The fourth-order valence-electron chi connectivity index (χ4n) is 3.38. The molecule has 4 rings (SSSR count). The third-order valence-corrected chi connectivity index (χ3v) is 5.30. The molecule has 1 atom stereocenters. The summed E-state index contributed by atoms with van der Waals surface area (Å²) in [6, 6.07) is 20.7. The second-order valence-electron chi connectivity index (χ2n) is 7.38. The first-order chi connectivity index (χ1) is 15.0. The summed E-state index contributed by atoms with van der Waals surface area (Å²) in [6.07, 6.45) is 3.39. The summed E-state index contributed by atoms with van der Waals surface area (Å²) in [4.78, 5) is 15.2. The monoisotopic (exact) mass is 434 g/mol. The van der Waals surface area contributed by atoms with E-state index in [2.05, 4.69) is 5.32 Å². The first kappa shape index (κ1) is 20.9. The summed E-state index contributed by atoms with van der Waals surface area (Å²) in [5.74, 6) is 0.591. The number of nitrogens with one attached hydrogen (secondary N) is 1. The molecule has 6 nitrogen and oxygen atoms in total. The molecule has 4 aromatic rings. The van der Waals surface area contributed by atoms with E-state index in [0.29, 0.717) is 22.8 Å².